The molecule has 3 heteroatoms. The Balaban J connectivity index is 2.52. The lowest BCUT2D eigenvalue weighted by atomic mass is 10.4. The number of hydrogen-bond donors (Lipinski definition) is 0. The highest BCUT2D eigenvalue weighted by molar-refractivity contribution is 4.98. The minimum Gasteiger partial charge on any atom is -0.375 e. The van der Waals surface area contributed by atoms with Gasteiger partial charge in [0.2, 0.25) is 0 Å². The Morgan fingerprint density at radius 1 is 1.36 bits per heavy atom. The smallest absolute Gasteiger partial charge is 0.0903 e. The van der Waals surface area contributed by atoms with Crippen LogP contribution in [-0.2, 0) is 11.3 Å². The number of aryl methyl sites for hydroxylation is 1. The van der Waals surface area contributed by atoms with Gasteiger partial charge in [0.25, 0.3) is 0 Å². The van der Waals surface area contributed by atoms with Gasteiger partial charge in [0.05, 0.1) is 24.2 Å². The van der Waals surface area contributed by atoms with Gasteiger partial charge in [-0.2, -0.15) is 0 Å². The van der Waals surface area contributed by atoms with Gasteiger partial charge in [-0.15, -0.1) is 0 Å². The van der Waals surface area contributed by atoms with Crippen LogP contribution in [0.1, 0.15) is 18.3 Å². The van der Waals surface area contributed by atoms with Crippen molar-refractivity contribution in [3.63, 3.8) is 0 Å². The predicted octanol–water partition coefficient (Wildman–Crippen LogP) is 1.32. The van der Waals surface area contributed by atoms with Crippen LogP contribution >= 0.6 is 0 Å². The molecule has 60 valence electrons. The average Bonchev–Trinajstić information content (AvgIpc) is 2.04. The highest BCUT2D eigenvalue weighted by atomic mass is 16.5. The van der Waals surface area contributed by atoms with Crippen LogP contribution in [0, 0.1) is 6.92 Å². The predicted molar refractivity (Wildman–Crippen MR) is 42.1 cm³/mol. The van der Waals surface area contributed by atoms with Crippen LogP contribution in [-0.4, -0.2) is 16.6 Å². The van der Waals surface area contributed by atoms with Gasteiger partial charge in [-0.1, -0.05) is 0 Å². The molecule has 0 aliphatic heterocycles. The number of aromatic nitrogens is 2. The molecule has 0 radical (unpaired) electrons. The number of rotatable bonds is 3. The summed E-state index contributed by atoms with van der Waals surface area (Å²) in [5.41, 5.74) is 1.82. The van der Waals surface area contributed by atoms with Crippen LogP contribution in [0.2, 0.25) is 0 Å². The fourth-order valence-electron chi connectivity index (χ4n) is 0.700. The fourth-order valence-corrected chi connectivity index (χ4v) is 0.700. The maximum absolute atomic E-state index is 5.16. The first-order valence-electron chi connectivity index (χ1n) is 3.68. The maximum Gasteiger partial charge on any atom is 0.0903 e. The number of ether oxygens (including phenoxy) is 1. The third-order valence-corrected chi connectivity index (χ3v) is 1.29. The molecule has 0 spiro atoms. The normalized spacial score (nSPS) is 10.0. The lowest BCUT2D eigenvalue weighted by Crippen LogP contribution is -1.96. The van der Waals surface area contributed by atoms with E-state index in [9.17, 15) is 0 Å². The number of nitrogens with zero attached hydrogens (tertiary/aromatic N) is 2. The Morgan fingerprint density at radius 2 is 2.18 bits per heavy atom. The van der Waals surface area contributed by atoms with Gasteiger partial charge in [0, 0.05) is 12.8 Å². The Morgan fingerprint density at radius 3 is 2.73 bits per heavy atom. The minimum absolute atomic E-state index is 0.559. The van der Waals surface area contributed by atoms with Crippen molar-refractivity contribution in [3.8, 4) is 0 Å². The van der Waals surface area contributed by atoms with Crippen LogP contribution in [0.15, 0.2) is 12.4 Å². The van der Waals surface area contributed by atoms with Crippen molar-refractivity contribution in [3.05, 3.63) is 23.8 Å². The first-order valence-corrected chi connectivity index (χ1v) is 3.68. The Bertz CT molecular complexity index is 208. The summed E-state index contributed by atoms with van der Waals surface area (Å²) in [6.07, 6.45) is 3.49. The molecule has 0 fully saturated rings. The van der Waals surface area contributed by atoms with E-state index in [0.29, 0.717) is 6.61 Å². The van der Waals surface area contributed by atoms with E-state index in [1.165, 1.54) is 0 Å². The molecule has 1 heterocycles. The zero-order chi connectivity index (χ0) is 8.10. The summed E-state index contributed by atoms with van der Waals surface area (Å²) in [6.45, 7) is 5.15. The van der Waals surface area contributed by atoms with E-state index >= 15 is 0 Å². The molecule has 0 aromatic carbocycles. The molecule has 3 nitrogen and oxygen atoms in total. The molecule has 1 rings (SSSR count). The van der Waals surface area contributed by atoms with E-state index in [0.717, 1.165) is 18.0 Å². The van der Waals surface area contributed by atoms with E-state index in [-0.39, 0.29) is 0 Å². The molecule has 1 aromatic heterocycles. The topological polar surface area (TPSA) is 35.0 Å². The monoisotopic (exact) mass is 152 g/mol. The van der Waals surface area contributed by atoms with Crippen molar-refractivity contribution in [1.82, 2.24) is 9.97 Å². The van der Waals surface area contributed by atoms with Gasteiger partial charge in [-0.25, -0.2) is 0 Å². The van der Waals surface area contributed by atoms with Crippen molar-refractivity contribution in [2.24, 2.45) is 0 Å². The molecule has 0 atom stereocenters. The zero-order valence-corrected chi connectivity index (χ0v) is 6.87. The summed E-state index contributed by atoms with van der Waals surface area (Å²) >= 11 is 0. The molecule has 0 amide bonds. The third-order valence-electron chi connectivity index (χ3n) is 1.29. The molecule has 0 unspecified atom stereocenters. The standard InChI is InChI=1S/C8H12N2O/c1-3-11-6-8-5-9-7(2)4-10-8/h4-5H,3,6H2,1-2H3. The highest BCUT2D eigenvalue weighted by Gasteiger charge is 1.92. The summed E-state index contributed by atoms with van der Waals surface area (Å²) < 4.78 is 5.16. The summed E-state index contributed by atoms with van der Waals surface area (Å²) in [5, 5.41) is 0. The second kappa shape index (κ2) is 4.03. The van der Waals surface area contributed by atoms with E-state index < -0.39 is 0 Å². The van der Waals surface area contributed by atoms with Gasteiger partial charge >= 0.3 is 0 Å². The van der Waals surface area contributed by atoms with Crippen molar-refractivity contribution < 1.29 is 4.74 Å². The third kappa shape index (κ3) is 2.63. The van der Waals surface area contributed by atoms with Gasteiger partial charge in [-0.05, 0) is 13.8 Å². The molecule has 1 aromatic rings. The van der Waals surface area contributed by atoms with Crippen LogP contribution in [0.5, 0.6) is 0 Å². The SMILES string of the molecule is CCOCc1cnc(C)cn1. The second-order valence-corrected chi connectivity index (χ2v) is 2.29. The summed E-state index contributed by atoms with van der Waals surface area (Å²) in [5.74, 6) is 0. The van der Waals surface area contributed by atoms with Crippen LogP contribution in [0.4, 0.5) is 0 Å². The summed E-state index contributed by atoms with van der Waals surface area (Å²) in [7, 11) is 0. The Kier molecular flexibility index (Phi) is 2.98. The first-order chi connectivity index (χ1) is 5.33. The molecule has 0 saturated heterocycles. The zero-order valence-electron chi connectivity index (χ0n) is 6.87. The lowest BCUT2D eigenvalue weighted by molar-refractivity contribution is 0.131. The molecule has 0 bridgehead atoms. The van der Waals surface area contributed by atoms with Gasteiger partial charge < -0.3 is 4.74 Å². The van der Waals surface area contributed by atoms with E-state index in [4.69, 9.17) is 4.74 Å². The molecule has 0 saturated carbocycles. The fraction of sp³-hybridized carbons (Fsp3) is 0.500. The summed E-state index contributed by atoms with van der Waals surface area (Å²) in [4.78, 5) is 8.22. The Hall–Kier alpha value is -0.960. The van der Waals surface area contributed by atoms with Gasteiger partial charge in [-0.3, -0.25) is 9.97 Å². The minimum atomic E-state index is 0.559. The van der Waals surface area contributed by atoms with Crippen molar-refractivity contribution in [2.75, 3.05) is 6.61 Å². The first kappa shape index (κ1) is 8.14. The van der Waals surface area contributed by atoms with E-state index in [1.807, 2.05) is 13.8 Å². The molecule has 11 heavy (non-hydrogen) atoms. The molecule has 0 aliphatic rings. The molecular formula is C8H12N2O. The Labute approximate surface area is 66.4 Å². The van der Waals surface area contributed by atoms with E-state index in [1.54, 1.807) is 12.4 Å². The van der Waals surface area contributed by atoms with Crippen molar-refractivity contribution in [1.29, 1.82) is 0 Å². The largest absolute Gasteiger partial charge is 0.375 e. The highest BCUT2D eigenvalue weighted by Crippen LogP contribution is 1.95. The van der Waals surface area contributed by atoms with Crippen molar-refractivity contribution in [2.45, 2.75) is 20.5 Å². The van der Waals surface area contributed by atoms with Gasteiger partial charge in [0.1, 0.15) is 0 Å². The maximum atomic E-state index is 5.16. The van der Waals surface area contributed by atoms with Crippen LogP contribution < -0.4 is 0 Å². The lowest BCUT2D eigenvalue weighted by Gasteiger charge is -1.99. The van der Waals surface area contributed by atoms with Gasteiger partial charge in [0.15, 0.2) is 0 Å². The quantitative estimate of drug-likeness (QED) is 0.655. The number of hydrogen-bond acceptors (Lipinski definition) is 3. The summed E-state index contributed by atoms with van der Waals surface area (Å²) in [6, 6.07) is 0. The molecule has 0 aliphatic carbocycles. The average molecular weight is 152 g/mol. The second-order valence-electron chi connectivity index (χ2n) is 2.29. The molecular weight excluding hydrogens is 140 g/mol. The van der Waals surface area contributed by atoms with E-state index in [2.05, 4.69) is 9.97 Å². The van der Waals surface area contributed by atoms with Crippen LogP contribution in [0.3, 0.4) is 0 Å². The van der Waals surface area contributed by atoms with Crippen molar-refractivity contribution >= 4 is 0 Å². The van der Waals surface area contributed by atoms with Crippen LogP contribution in [0.25, 0.3) is 0 Å². The molecule has 0 N–H and O–H groups in total.